The van der Waals surface area contributed by atoms with Gasteiger partial charge in [-0.15, -0.1) is 22.7 Å². The van der Waals surface area contributed by atoms with Gasteiger partial charge >= 0.3 is 0 Å². The molecular formula is C44H29N3S2. The Morgan fingerprint density at radius 1 is 0.490 bits per heavy atom. The van der Waals surface area contributed by atoms with Crippen LogP contribution in [0.15, 0.2) is 140 Å². The number of thiophene rings is 1. The minimum atomic E-state index is -0.246. The minimum absolute atomic E-state index is 0.246. The Balaban J connectivity index is 1.13. The standard InChI is InChI=1S/C44H29N3S2/c1-44(2)34-17-5-3-14-33(34)40-38(44)39(46-42(47-40)28-11-9-12-29(25-28)43-45-35-18-6-8-20-37(35)49-43)27-23-21-26(22-24-27)30-15-10-16-32-31-13-4-7-19-36(31)48-41(30)32/h3-25H,1-2H3. The maximum Gasteiger partial charge on any atom is 0.160 e. The molecule has 49 heavy (non-hydrogen) atoms. The quantitative estimate of drug-likeness (QED) is 0.188. The fourth-order valence-corrected chi connectivity index (χ4v) is 9.72. The predicted octanol–water partition coefficient (Wildman–Crippen LogP) is 12.4. The molecule has 9 aromatic rings. The van der Waals surface area contributed by atoms with Gasteiger partial charge in [0.15, 0.2) is 5.82 Å². The third kappa shape index (κ3) is 4.43. The maximum atomic E-state index is 5.40. The lowest BCUT2D eigenvalue weighted by Crippen LogP contribution is -2.17. The highest BCUT2D eigenvalue weighted by Gasteiger charge is 2.40. The van der Waals surface area contributed by atoms with E-state index < -0.39 is 0 Å². The number of aromatic nitrogens is 3. The first-order valence-corrected chi connectivity index (χ1v) is 18.2. The van der Waals surface area contributed by atoms with Crippen molar-refractivity contribution < 1.29 is 0 Å². The van der Waals surface area contributed by atoms with Crippen molar-refractivity contribution in [3.63, 3.8) is 0 Å². The van der Waals surface area contributed by atoms with Gasteiger partial charge in [-0.25, -0.2) is 15.0 Å². The number of fused-ring (bicyclic) bond motifs is 7. The Morgan fingerprint density at radius 2 is 1.16 bits per heavy atom. The van der Waals surface area contributed by atoms with Crippen LogP contribution >= 0.6 is 22.7 Å². The first-order chi connectivity index (χ1) is 24.0. The van der Waals surface area contributed by atoms with E-state index >= 15 is 0 Å². The van der Waals surface area contributed by atoms with Crippen LogP contribution in [0, 0.1) is 0 Å². The molecule has 0 atom stereocenters. The van der Waals surface area contributed by atoms with Crippen LogP contribution in [-0.4, -0.2) is 15.0 Å². The number of benzene rings is 6. The first kappa shape index (κ1) is 28.5. The van der Waals surface area contributed by atoms with Crippen LogP contribution in [0.5, 0.6) is 0 Å². The van der Waals surface area contributed by atoms with Crippen LogP contribution in [0.4, 0.5) is 0 Å². The van der Waals surface area contributed by atoms with E-state index in [0.717, 1.165) is 44.4 Å². The summed E-state index contributed by atoms with van der Waals surface area (Å²) in [6.07, 6.45) is 0. The van der Waals surface area contributed by atoms with Crippen molar-refractivity contribution in [2.45, 2.75) is 19.3 Å². The zero-order valence-electron chi connectivity index (χ0n) is 26.9. The molecule has 0 saturated carbocycles. The zero-order valence-corrected chi connectivity index (χ0v) is 28.6. The number of rotatable bonds is 4. The van der Waals surface area contributed by atoms with Gasteiger partial charge in [0.1, 0.15) is 5.01 Å². The highest BCUT2D eigenvalue weighted by atomic mass is 32.1. The Morgan fingerprint density at radius 3 is 2.04 bits per heavy atom. The fourth-order valence-electron chi connectivity index (χ4n) is 7.52. The van der Waals surface area contributed by atoms with Gasteiger partial charge in [0, 0.05) is 53.4 Å². The molecule has 5 heteroatoms. The van der Waals surface area contributed by atoms with Gasteiger partial charge in [-0.05, 0) is 41.0 Å². The second-order valence-corrected chi connectivity index (χ2v) is 15.3. The Bertz CT molecular complexity index is 2720. The molecule has 0 N–H and O–H groups in total. The van der Waals surface area contributed by atoms with E-state index in [9.17, 15) is 0 Å². The average molecular weight is 664 g/mol. The van der Waals surface area contributed by atoms with E-state index in [1.165, 1.54) is 52.7 Å². The van der Waals surface area contributed by atoms with E-state index in [4.69, 9.17) is 15.0 Å². The summed E-state index contributed by atoms with van der Waals surface area (Å²) in [5.74, 6) is 0.725. The molecule has 6 aromatic carbocycles. The predicted molar refractivity (Wildman–Crippen MR) is 207 cm³/mol. The number of para-hydroxylation sites is 1. The molecule has 0 spiro atoms. The smallest absolute Gasteiger partial charge is 0.160 e. The van der Waals surface area contributed by atoms with E-state index in [1.807, 2.05) is 17.4 Å². The second-order valence-electron chi connectivity index (χ2n) is 13.2. The lowest BCUT2D eigenvalue weighted by molar-refractivity contribution is 0.658. The monoisotopic (exact) mass is 663 g/mol. The molecular weight excluding hydrogens is 635 g/mol. The molecule has 0 aliphatic heterocycles. The lowest BCUT2D eigenvalue weighted by Gasteiger charge is -2.24. The molecule has 0 amide bonds. The third-order valence-corrected chi connectivity index (χ3v) is 12.2. The largest absolute Gasteiger partial charge is 0.236 e. The number of nitrogens with zero attached hydrogens (tertiary/aromatic N) is 3. The molecule has 3 nitrogen and oxygen atoms in total. The van der Waals surface area contributed by atoms with Crippen molar-refractivity contribution in [1.29, 1.82) is 0 Å². The zero-order chi connectivity index (χ0) is 32.7. The van der Waals surface area contributed by atoms with Crippen LogP contribution in [0.3, 0.4) is 0 Å². The SMILES string of the molecule is CC1(C)c2ccccc2-c2nc(-c3cccc(-c4nc5ccccc5s4)c3)nc(-c3ccc(-c4cccc5c4sc4ccccc45)cc3)c21. The van der Waals surface area contributed by atoms with Crippen molar-refractivity contribution in [3.8, 4) is 55.6 Å². The van der Waals surface area contributed by atoms with Crippen LogP contribution < -0.4 is 0 Å². The Kier molecular flexibility index (Phi) is 6.26. The Hall–Kier alpha value is -5.49. The molecule has 232 valence electrons. The molecule has 1 aliphatic carbocycles. The van der Waals surface area contributed by atoms with E-state index in [-0.39, 0.29) is 5.41 Å². The Labute approximate surface area is 292 Å². The van der Waals surface area contributed by atoms with Crippen molar-refractivity contribution in [3.05, 3.63) is 151 Å². The summed E-state index contributed by atoms with van der Waals surface area (Å²) in [6.45, 7) is 4.60. The van der Waals surface area contributed by atoms with Gasteiger partial charge in [-0.2, -0.15) is 0 Å². The molecule has 10 rings (SSSR count). The van der Waals surface area contributed by atoms with Gasteiger partial charge in [-0.3, -0.25) is 0 Å². The van der Waals surface area contributed by atoms with Crippen molar-refractivity contribution in [1.82, 2.24) is 15.0 Å². The topological polar surface area (TPSA) is 38.7 Å². The highest BCUT2D eigenvalue weighted by molar-refractivity contribution is 7.26. The van der Waals surface area contributed by atoms with Gasteiger partial charge < -0.3 is 0 Å². The van der Waals surface area contributed by atoms with Crippen molar-refractivity contribution in [2.24, 2.45) is 0 Å². The van der Waals surface area contributed by atoms with Gasteiger partial charge in [0.25, 0.3) is 0 Å². The van der Waals surface area contributed by atoms with Gasteiger partial charge in [0.2, 0.25) is 0 Å². The van der Waals surface area contributed by atoms with Crippen LogP contribution in [-0.2, 0) is 5.41 Å². The first-order valence-electron chi connectivity index (χ1n) is 16.5. The summed E-state index contributed by atoms with van der Waals surface area (Å²) >= 11 is 3.58. The molecule has 0 fully saturated rings. The maximum absolute atomic E-state index is 5.40. The molecule has 0 radical (unpaired) electrons. The summed E-state index contributed by atoms with van der Waals surface area (Å²) in [4.78, 5) is 15.6. The molecule has 0 bridgehead atoms. The van der Waals surface area contributed by atoms with Crippen LogP contribution in [0.1, 0.15) is 25.0 Å². The van der Waals surface area contributed by atoms with Gasteiger partial charge in [0.05, 0.1) is 21.6 Å². The number of thiazole rings is 1. The molecule has 0 saturated heterocycles. The second kappa shape index (κ2) is 10.8. The summed E-state index contributed by atoms with van der Waals surface area (Å²) < 4.78 is 3.83. The molecule has 0 unspecified atom stereocenters. The van der Waals surface area contributed by atoms with E-state index in [2.05, 4.69) is 147 Å². The van der Waals surface area contributed by atoms with E-state index in [1.54, 1.807) is 11.3 Å². The molecule has 1 aliphatic rings. The highest BCUT2D eigenvalue weighted by Crippen LogP contribution is 2.51. The minimum Gasteiger partial charge on any atom is -0.236 e. The normalized spacial score (nSPS) is 13.3. The lowest BCUT2D eigenvalue weighted by atomic mass is 9.80. The number of hydrogen-bond donors (Lipinski definition) is 0. The molecule has 3 aromatic heterocycles. The average Bonchev–Trinajstić information content (AvgIpc) is 3.82. The van der Waals surface area contributed by atoms with Crippen molar-refractivity contribution in [2.75, 3.05) is 0 Å². The number of hydrogen-bond acceptors (Lipinski definition) is 5. The summed E-state index contributed by atoms with van der Waals surface area (Å²) in [7, 11) is 0. The van der Waals surface area contributed by atoms with Crippen LogP contribution in [0.2, 0.25) is 0 Å². The van der Waals surface area contributed by atoms with Crippen molar-refractivity contribution >= 4 is 53.1 Å². The third-order valence-electron chi connectivity index (χ3n) is 9.92. The van der Waals surface area contributed by atoms with E-state index in [0.29, 0.717) is 0 Å². The summed E-state index contributed by atoms with van der Waals surface area (Å²) in [5, 5.41) is 3.63. The van der Waals surface area contributed by atoms with Gasteiger partial charge in [-0.1, -0.05) is 129 Å². The summed E-state index contributed by atoms with van der Waals surface area (Å²) in [6, 6.07) is 49.9. The van der Waals surface area contributed by atoms with Crippen LogP contribution in [0.25, 0.3) is 86.0 Å². The summed E-state index contributed by atoms with van der Waals surface area (Å²) in [5.41, 5.74) is 12.0. The molecule has 3 heterocycles. The fraction of sp³-hybridized carbons (Fsp3) is 0.0682.